The summed E-state index contributed by atoms with van der Waals surface area (Å²) in [6, 6.07) is 8.84. The lowest BCUT2D eigenvalue weighted by molar-refractivity contribution is 0.179. The normalized spacial score (nSPS) is 12.7. The Morgan fingerprint density at radius 3 is 2.35 bits per heavy atom. The number of rotatable bonds is 8. The largest absolute Gasteiger partial charge is 0.383 e. The molecule has 0 aromatic heterocycles. The molecule has 0 amide bonds. The SMILES string of the molecule is CCNC(=NCc1ccc(CN(C)C)cc1)NC(C)COC.I. The van der Waals surface area contributed by atoms with Gasteiger partial charge in [0.15, 0.2) is 5.96 Å². The Labute approximate surface area is 157 Å². The molecule has 1 unspecified atom stereocenters. The van der Waals surface area contributed by atoms with Crippen LogP contribution >= 0.6 is 24.0 Å². The number of benzene rings is 1. The number of hydrogen-bond acceptors (Lipinski definition) is 3. The fraction of sp³-hybridized carbons (Fsp3) is 0.588. The molecule has 1 atom stereocenters. The van der Waals surface area contributed by atoms with E-state index in [1.54, 1.807) is 7.11 Å². The predicted octanol–water partition coefficient (Wildman–Crippen LogP) is 2.46. The van der Waals surface area contributed by atoms with E-state index in [0.717, 1.165) is 19.0 Å². The third kappa shape index (κ3) is 9.78. The van der Waals surface area contributed by atoms with E-state index in [0.29, 0.717) is 13.2 Å². The second-order valence-electron chi connectivity index (χ2n) is 5.75. The van der Waals surface area contributed by atoms with Crippen LogP contribution in [0.1, 0.15) is 25.0 Å². The maximum atomic E-state index is 5.14. The lowest BCUT2D eigenvalue weighted by Crippen LogP contribution is -2.43. The van der Waals surface area contributed by atoms with Gasteiger partial charge in [0.2, 0.25) is 0 Å². The molecular weight excluding hydrogens is 403 g/mol. The van der Waals surface area contributed by atoms with E-state index >= 15 is 0 Å². The number of nitrogens with one attached hydrogen (secondary N) is 2. The molecule has 0 saturated heterocycles. The molecule has 0 bridgehead atoms. The minimum atomic E-state index is 0. The molecule has 0 aliphatic rings. The number of methoxy groups -OCH3 is 1. The quantitative estimate of drug-likeness (QED) is 0.375. The van der Waals surface area contributed by atoms with Crippen LogP contribution < -0.4 is 10.6 Å². The Morgan fingerprint density at radius 2 is 1.83 bits per heavy atom. The molecule has 0 spiro atoms. The van der Waals surface area contributed by atoms with Gasteiger partial charge in [0, 0.05) is 26.2 Å². The summed E-state index contributed by atoms with van der Waals surface area (Å²) in [5.74, 6) is 0.824. The first-order valence-corrected chi connectivity index (χ1v) is 7.81. The fourth-order valence-electron chi connectivity index (χ4n) is 2.13. The summed E-state index contributed by atoms with van der Waals surface area (Å²) in [6.45, 7) is 7.26. The molecule has 23 heavy (non-hydrogen) atoms. The van der Waals surface area contributed by atoms with E-state index in [1.165, 1.54) is 11.1 Å². The Kier molecular flexibility index (Phi) is 12.1. The summed E-state index contributed by atoms with van der Waals surface area (Å²) in [5, 5.41) is 6.59. The first kappa shape index (κ1) is 22.1. The molecular formula is C17H31IN4O. The highest BCUT2D eigenvalue weighted by molar-refractivity contribution is 14.0. The summed E-state index contributed by atoms with van der Waals surface area (Å²) in [5.41, 5.74) is 2.52. The predicted molar refractivity (Wildman–Crippen MR) is 109 cm³/mol. The van der Waals surface area contributed by atoms with Gasteiger partial charge in [-0.05, 0) is 39.1 Å². The van der Waals surface area contributed by atoms with Crippen molar-refractivity contribution in [2.45, 2.75) is 33.0 Å². The minimum absolute atomic E-state index is 0. The van der Waals surface area contributed by atoms with E-state index in [2.05, 4.69) is 72.7 Å². The van der Waals surface area contributed by atoms with Crippen LogP contribution in [-0.4, -0.2) is 51.3 Å². The molecule has 1 aromatic carbocycles. The third-order valence-electron chi connectivity index (χ3n) is 3.09. The maximum absolute atomic E-state index is 5.14. The number of nitrogens with zero attached hydrogens (tertiary/aromatic N) is 2. The molecule has 0 fully saturated rings. The number of ether oxygens (including phenoxy) is 1. The highest BCUT2D eigenvalue weighted by atomic mass is 127. The third-order valence-corrected chi connectivity index (χ3v) is 3.09. The smallest absolute Gasteiger partial charge is 0.191 e. The van der Waals surface area contributed by atoms with Crippen LogP contribution in [0, 0.1) is 0 Å². The summed E-state index contributed by atoms with van der Waals surface area (Å²) in [6.07, 6.45) is 0. The Bertz CT molecular complexity index is 448. The van der Waals surface area contributed by atoms with E-state index < -0.39 is 0 Å². The lowest BCUT2D eigenvalue weighted by atomic mass is 10.1. The van der Waals surface area contributed by atoms with Crippen LogP contribution in [0.15, 0.2) is 29.3 Å². The van der Waals surface area contributed by atoms with E-state index in [4.69, 9.17) is 4.74 Å². The van der Waals surface area contributed by atoms with Gasteiger partial charge in [0.05, 0.1) is 13.2 Å². The van der Waals surface area contributed by atoms with Crippen molar-refractivity contribution in [3.05, 3.63) is 35.4 Å². The zero-order valence-electron chi connectivity index (χ0n) is 14.9. The zero-order chi connectivity index (χ0) is 16.4. The molecule has 5 nitrogen and oxygen atoms in total. The van der Waals surface area contributed by atoms with Crippen LogP contribution in [0.4, 0.5) is 0 Å². The average Bonchev–Trinajstić information content (AvgIpc) is 2.46. The Morgan fingerprint density at radius 1 is 1.22 bits per heavy atom. The number of hydrogen-bond donors (Lipinski definition) is 2. The molecule has 0 aliphatic heterocycles. The van der Waals surface area contributed by atoms with Gasteiger partial charge < -0.3 is 20.3 Å². The van der Waals surface area contributed by atoms with E-state index in [-0.39, 0.29) is 30.0 Å². The molecule has 2 N–H and O–H groups in total. The van der Waals surface area contributed by atoms with Gasteiger partial charge in [-0.2, -0.15) is 0 Å². The Hall–Kier alpha value is -0.860. The van der Waals surface area contributed by atoms with Gasteiger partial charge in [-0.25, -0.2) is 4.99 Å². The highest BCUT2D eigenvalue weighted by Gasteiger charge is 2.04. The number of halogens is 1. The van der Waals surface area contributed by atoms with E-state index in [1.807, 2.05) is 0 Å². The van der Waals surface area contributed by atoms with Crippen molar-refractivity contribution >= 4 is 29.9 Å². The number of aliphatic imine (C=N–C) groups is 1. The van der Waals surface area contributed by atoms with Crippen molar-refractivity contribution < 1.29 is 4.74 Å². The maximum Gasteiger partial charge on any atom is 0.191 e. The van der Waals surface area contributed by atoms with Crippen LogP contribution in [0.25, 0.3) is 0 Å². The Balaban J connectivity index is 0.00000484. The van der Waals surface area contributed by atoms with Crippen molar-refractivity contribution in [2.24, 2.45) is 4.99 Å². The lowest BCUT2D eigenvalue weighted by Gasteiger charge is -2.17. The molecule has 6 heteroatoms. The van der Waals surface area contributed by atoms with Crippen molar-refractivity contribution in [3.63, 3.8) is 0 Å². The molecule has 0 aliphatic carbocycles. The van der Waals surface area contributed by atoms with Gasteiger partial charge in [-0.1, -0.05) is 24.3 Å². The monoisotopic (exact) mass is 434 g/mol. The fourth-order valence-corrected chi connectivity index (χ4v) is 2.13. The summed E-state index contributed by atoms with van der Waals surface area (Å²) < 4.78 is 5.14. The molecule has 0 radical (unpaired) electrons. The standard InChI is InChI=1S/C17H30N4O.HI/c1-6-18-17(20-14(2)13-22-5)19-11-15-7-9-16(10-8-15)12-21(3)4;/h7-10,14H,6,11-13H2,1-5H3,(H2,18,19,20);1H. The van der Waals surface area contributed by atoms with Crippen LogP contribution in [-0.2, 0) is 17.8 Å². The summed E-state index contributed by atoms with van der Waals surface area (Å²) in [4.78, 5) is 6.79. The first-order valence-electron chi connectivity index (χ1n) is 7.81. The average molecular weight is 434 g/mol. The second-order valence-corrected chi connectivity index (χ2v) is 5.75. The molecule has 1 aromatic rings. The zero-order valence-corrected chi connectivity index (χ0v) is 17.3. The van der Waals surface area contributed by atoms with Crippen molar-refractivity contribution in [1.82, 2.24) is 15.5 Å². The summed E-state index contributed by atoms with van der Waals surface area (Å²) >= 11 is 0. The molecule has 1 rings (SSSR count). The molecule has 132 valence electrons. The highest BCUT2D eigenvalue weighted by Crippen LogP contribution is 2.07. The summed E-state index contributed by atoms with van der Waals surface area (Å²) in [7, 11) is 5.86. The van der Waals surface area contributed by atoms with Gasteiger partial charge >= 0.3 is 0 Å². The van der Waals surface area contributed by atoms with Gasteiger partial charge in [-0.15, -0.1) is 24.0 Å². The van der Waals surface area contributed by atoms with E-state index in [9.17, 15) is 0 Å². The molecule has 0 heterocycles. The van der Waals surface area contributed by atoms with Gasteiger partial charge in [0.25, 0.3) is 0 Å². The van der Waals surface area contributed by atoms with Crippen molar-refractivity contribution in [1.29, 1.82) is 0 Å². The first-order chi connectivity index (χ1) is 10.5. The second kappa shape index (κ2) is 12.5. The minimum Gasteiger partial charge on any atom is -0.383 e. The topological polar surface area (TPSA) is 48.9 Å². The van der Waals surface area contributed by atoms with Crippen LogP contribution in [0.5, 0.6) is 0 Å². The number of guanidine groups is 1. The van der Waals surface area contributed by atoms with Crippen molar-refractivity contribution in [3.8, 4) is 0 Å². The van der Waals surface area contributed by atoms with Crippen LogP contribution in [0.3, 0.4) is 0 Å². The van der Waals surface area contributed by atoms with Gasteiger partial charge in [-0.3, -0.25) is 0 Å². The van der Waals surface area contributed by atoms with Crippen LogP contribution in [0.2, 0.25) is 0 Å². The van der Waals surface area contributed by atoms with Crippen molar-refractivity contribution in [2.75, 3.05) is 34.4 Å². The van der Waals surface area contributed by atoms with Gasteiger partial charge in [0.1, 0.15) is 0 Å². The molecule has 0 saturated carbocycles.